The van der Waals surface area contributed by atoms with E-state index in [1.165, 1.54) is 0 Å². The molecule has 3 heterocycles. The van der Waals surface area contributed by atoms with Crippen LogP contribution in [-0.2, 0) is 20.1 Å². The molecule has 162 valence electrons. The van der Waals surface area contributed by atoms with E-state index in [0.29, 0.717) is 11.1 Å². The summed E-state index contributed by atoms with van der Waals surface area (Å²) in [5.41, 5.74) is 4.09. The van der Waals surface area contributed by atoms with E-state index in [9.17, 15) is 0 Å². The van der Waals surface area contributed by atoms with Crippen LogP contribution in [0.1, 0.15) is 19.3 Å². The van der Waals surface area contributed by atoms with Gasteiger partial charge in [0.05, 0.1) is 6.95 Å². The third-order valence-electron chi connectivity index (χ3n) is 4.94. The second kappa shape index (κ2) is 10.4. The molecule has 0 radical (unpaired) electrons. The molecular weight excluding hydrogens is 585 g/mol. The first kappa shape index (κ1) is 17.1. The van der Waals surface area contributed by atoms with Gasteiger partial charge in [-0.3, -0.25) is 0 Å². The van der Waals surface area contributed by atoms with E-state index in [1.54, 1.807) is 18.3 Å². The largest absolute Gasteiger partial charge is 3.00 e. The standard InChI is InChI=1S/C18H13NO.C11H8N.Ir/c1-12-6-9-16(19-11-12)13-7-8-15-14-4-2-3-5-17(14)20-18(15)10-13;1-2-6-10(7-3-1)11-8-4-5-9-12-11;/h2-6,8-10H,11H2,1H3;1-6,8-9H;/q-2;-1;+3/i1D3,6D,9D;;. The molecule has 0 bridgehead atoms. The number of rotatable bonds is 2. The first-order valence-electron chi connectivity index (χ1n) is 12.6. The van der Waals surface area contributed by atoms with Crippen molar-refractivity contribution in [1.82, 2.24) is 4.98 Å². The molecule has 2 aromatic heterocycles. The Labute approximate surface area is 214 Å². The smallest absolute Gasteiger partial charge is 0.724 e. The Morgan fingerprint density at radius 3 is 2.64 bits per heavy atom. The Kier molecular flexibility index (Phi) is 5.40. The van der Waals surface area contributed by atoms with Crippen LogP contribution in [0.3, 0.4) is 0 Å². The number of benzene rings is 3. The molecule has 0 spiro atoms. The summed E-state index contributed by atoms with van der Waals surface area (Å²) in [6.07, 6.45) is 1.79. The van der Waals surface area contributed by atoms with Crippen molar-refractivity contribution in [1.29, 1.82) is 0 Å². The summed E-state index contributed by atoms with van der Waals surface area (Å²) in [6.45, 7) is -2.52. The van der Waals surface area contributed by atoms with Gasteiger partial charge in [-0.05, 0) is 30.1 Å². The average molecular weight is 611 g/mol. The fourth-order valence-corrected chi connectivity index (χ4v) is 3.40. The van der Waals surface area contributed by atoms with Crippen LogP contribution in [0.5, 0.6) is 0 Å². The Morgan fingerprint density at radius 1 is 0.939 bits per heavy atom. The Bertz CT molecular complexity index is 1590. The second-order valence-electron chi connectivity index (χ2n) is 7.11. The normalized spacial score (nSPS) is 15.8. The zero-order valence-electron chi connectivity index (χ0n) is 22.4. The zero-order chi connectivity index (χ0) is 26.0. The zero-order valence-corrected chi connectivity index (χ0v) is 19.8. The predicted molar refractivity (Wildman–Crippen MR) is 131 cm³/mol. The fraction of sp³-hybridized carbons (Fsp3) is 0.0690. The number of hydrogen-bond donors (Lipinski definition) is 0. The molecule has 1 aliphatic rings. The van der Waals surface area contributed by atoms with Gasteiger partial charge in [0.25, 0.3) is 0 Å². The van der Waals surface area contributed by atoms with Gasteiger partial charge in [0.1, 0.15) is 5.58 Å². The van der Waals surface area contributed by atoms with Crippen LogP contribution >= 0.6 is 0 Å². The van der Waals surface area contributed by atoms with Crippen LogP contribution in [0, 0.1) is 12.1 Å². The van der Waals surface area contributed by atoms with Gasteiger partial charge >= 0.3 is 20.1 Å². The van der Waals surface area contributed by atoms with Crippen LogP contribution in [0.15, 0.2) is 107 Å². The van der Waals surface area contributed by atoms with Crippen molar-refractivity contribution in [2.24, 2.45) is 0 Å². The van der Waals surface area contributed by atoms with Crippen molar-refractivity contribution >= 4 is 27.6 Å². The summed E-state index contributed by atoms with van der Waals surface area (Å²) in [5.74, 6) is 0. The van der Waals surface area contributed by atoms with E-state index in [4.69, 9.17) is 11.3 Å². The topological polar surface area (TPSA) is 40.1 Å². The van der Waals surface area contributed by atoms with Crippen molar-refractivity contribution in [2.75, 3.05) is 6.54 Å². The van der Waals surface area contributed by atoms with Crippen LogP contribution in [0.2, 0.25) is 0 Å². The van der Waals surface area contributed by atoms with Crippen molar-refractivity contribution in [3.63, 3.8) is 0 Å². The number of pyridine rings is 1. The van der Waals surface area contributed by atoms with Crippen LogP contribution < -0.4 is 0 Å². The first-order chi connectivity index (χ1) is 17.8. The van der Waals surface area contributed by atoms with Crippen molar-refractivity contribution in [3.8, 4) is 11.3 Å². The van der Waals surface area contributed by atoms with E-state index in [2.05, 4.69) is 22.4 Å². The Balaban J connectivity index is 0.000000218. The van der Waals surface area contributed by atoms with Gasteiger partial charge in [0, 0.05) is 11.7 Å². The maximum absolute atomic E-state index is 8.14. The van der Waals surface area contributed by atoms with Crippen molar-refractivity contribution < 1.29 is 31.4 Å². The minimum atomic E-state index is -2.41. The molecule has 0 saturated heterocycles. The molecule has 3 nitrogen and oxygen atoms in total. The monoisotopic (exact) mass is 611 g/mol. The number of aromatic nitrogens is 1. The molecule has 3 aromatic carbocycles. The van der Waals surface area contributed by atoms with Gasteiger partial charge in [-0.2, -0.15) is 5.56 Å². The third-order valence-corrected chi connectivity index (χ3v) is 4.94. The summed E-state index contributed by atoms with van der Waals surface area (Å²) in [5, 5.41) is 6.11. The molecule has 6 rings (SSSR count). The summed E-state index contributed by atoms with van der Waals surface area (Å²) < 4.78 is 44.3. The van der Waals surface area contributed by atoms with Crippen LogP contribution in [0.4, 0.5) is 0 Å². The van der Waals surface area contributed by atoms with Gasteiger partial charge in [-0.25, -0.2) is 5.70 Å². The molecule has 0 unspecified atom stereocenters. The fourth-order valence-electron chi connectivity index (χ4n) is 3.40. The summed E-state index contributed by atoms with van der Waals surface area (Å²) in [6, 6.07) is 30.6. The number of hydrogen-bond acceptors (Lipinski definition) is 2. The number of allylic oxidation sites excluding steroid dienone is 2. The minimum Gasteiger partial charge on any atom is -0.724 e. The number of para-hydroxylation sites is 1. The van der Waals surface area contributed by atoms with Crippen LogP contribution in [0.25, 0.3) is 44.2 Å². The summed E-state index contributed by atoms with van der Waals surface area (Å²) in [7, 11) is 0. The molecule has 0 aliphatic carbocycles. The molecule has 0 amide bonds. The Hall–Kier alpha value is -3.46. The number of nitrogens with zero attached hydrogens (tertiary/aromatic N) is 2. The van der Waals surface area contributed by atoms with Gasteiger partial charge in [0.2, 0.25) is 0 Å². The molecule has 0 saturated carbocycles. The molecule has 0 N–H and O–H groups in total. The summed E-state index contributed by atoms with van der Waals surface area (Å²) in [4.78, 5) is 4.22. The van der Waals surface area contributed by atoms with E-state index in [1.807, 2.05) is 66.7 Å². The van der Waals surface area contributed by atoms with E-state index >= 15 is 0 Å². The molecule has 4 heteroatoms. The molecule has 33 heavy (non-hydrogen) atoms. The maximum atomic E-state index is 8.14. The summed E-state index contributed by atoms with van der Waals surface area (Å²) >= 11 is 0. The molecule has 0 atom stereocenters. The van der Waals surface area contributed by atoms with Gasteiger partial charge in [0.15, 0.2) is 0 Å². The molecular formula is C29H21IrN2O. The van der Waals surface area contributed by atoms with Gasteiger partial charge in [-0.15, -0.1) is 66.7 Å². The van der Waals surface area contributed by atoms with Crippen LogP contribution in [-0.4, -0.2) is 11.5 Å². The van der Waals surface area contributed by atoms with Gasteiger partial charge in [-0.1, -0.05) is 47.3 Å². The first-order valence-corrected chi connectivity index (χ1v) is 10.1. The average Bonchev–Trinajstić information content (AvgIpc) is 3.29. The van der Waals surface area contributed by atoms with E-state index in [0.717, 1.165) is 27.6 Å². The van der Waals surface area contributed by atoms with Gasteiger partial charge < -0.3 is 14.7 Å². The quantitative estimate of drug-likeness (QED) is 0.193. The van der Waals surface area contributed by atoms with Crippen molar-refractivity contribution in [2.45, 2.75) is 6.85 Å². The number of fused-ring (bicyclic) bond motifs is 3. The number of furan rings is 1. The molecule has 1 aliphatic heterocycles. The SMILES string of the molecule is [2H]C1=C(c2[c-]cc3c(c2)oc2ccccc23)[N-]CC(C([2H])([2H])[2H])=C1[2H].[Ir+3].[c-]1ccccc1-c1ccccn1. The second-order valence-corrected chi connectivity index (χ2v) is 7.11. The molecule has 5 aromatic rings. The van der Waals surface area contributed by atoms with E-state index < -0.39 is 6.85 Å². The molecule has 0 fully saturated rings. The minimum absolute atomic E-state index is 0. The Morgan fingerprint density at radius 2 is 1.82 bits per heavy atom. The third kappa shape index (κ3) is 5.14. The van der Waals surface area contributed by atoms with E-state index in [-0.39, 0.29) is 50.0 Å². The van der Waals surface area contributed by atoms with Crippen molar-refractivity contribution in [3.05, 3.63) is 126 Å². The maximum Gasteiger partial charge on any atom is 3.00 e. The predicted octanol–water partition coefficient (Wildman–Crippen LogP) is 7.61.